The zero-order valence-corrected chi connectivity index (χ0v) is 25.4. The van der Waals surface area contributed by atoms with Crippen molar-refractivity contribution in [2.45, 2.75) is 51.5 Å². The minimum atomic E-state index is -0.600. The molecule has 4 rings (SSSR count). The van der Waals surface area contributed by atoms with E-state index < -0.39 is 6.04 Å². The van der Waals surface area contributed by atoms with Crippen LogP contribution in [0.3, 0.4) is 0 Å². The molecule has 2 aromatic rings. The van der Waals surface area contributed by atoms with E-state index in [1.807, 2.05) is 17.0 Å². The van der Waals surface area contributed by atoms with Gasteiger partial charge in [-0.1, -0.05) is 36.2 Å². The fraction of sp³-hybridized carbons (Fsp3) is 0.548. The van der Waals surface area contributed by atoms with Crippen LogP contribution in [-0.4, -0.2) is 80.0 Å². The van der Waals surface area contributed by atoms with Crippen LogP contribution in [0.5, 0.6) is 0 Å². The van der Waals surface area contributed by atoms with Gasteiger partial charge in [0.1, 0.15) is 11.9 Å². The first kappa shape index (κ1) is 31.5. The molecule has 0 saturated carbocycles. The summed E-state index contributed by atoms with van der Waals surface area (Å²) in [6, 6.07) is 9.68. The summed E-state index contributed by atoms with van der Waals surface area (Å²) in [6.07, 6.45) is 4.25. The maximum Gasteiger partial charge on any atom is 0.245 e. The van der Waals surface area contributed by atoms with Crippen LogP contribution in [0.25, 0.3) is 0 Å². The molecule has 2 saturated heterocycles. The van der Waals surface area contributed by atoms with Gasteiger partial charge in [0, 0.05) is 61.3 Å². The molecule has 0 aliphatic carbocycles. The van der Waals surface area contributed by atoms with Crippen molar-refractivity contribution in [2.75, 3.05) is 57.3 Å². The minimum Gasteiger partial charge on any atom is -0.368 e. The van der Waals surface area contributed by atoms with Crippen LogP contribution in [0, 0.1) is 11.7 Å². The van der Waals surface area contributed by atoms with Crippen molar-refractivity contribution in [1.82, 2.24) is 15.1 Å². The zero-order valence-electron chi connectivity index (χ0n) is 23.9. The third-order valence-corrected chi connectivity index (χ3v) is 8.72. The maximum absolute atomic E-state index is 14.2. The van der Waals surface area contributed by atoms with E-state index in [2.05, 4.69) is 17.1 Å². The Labute approximate surface area is 253 Å². The predicted molar refractivity (Wildman–Crippen MR) is 164 cm³/mol. The number of halogens is 3. The smallest absolute Gasteiger partial charge is 0.245 e. The number of rotatable bonds is 13. The summed E-state index contributed by atoms with van der Waals surface area (Å²) in [7, 11) is 0. The van der Waals surface area contributed by atoms with Crippen LogP contribution < -0.4 is 16.0 Å². The highest BCUT2D eigenvalue weighted by Gasteiger charge is 2.37. The molecule has 41 heavy (non-hydrogen) atoms. The van der Waals surface area contributed by atoms with E-state index in [0.29, 0.717) is 68.1 Å². The molecule has 2 heterocycles. The molecule has 0 radical (unpaired) electrons. The van der Waals surface area contributed by atoms with Crippen LogP contribution >= 0.6 is 23.2 Å². The van der Waals surface area contributed by atoms with E-state index in [1.165, 1.54) is 6.07 Å². The molecule has 10 heteroatoms. The Hall–Kier alpha value is -2.39. The molecule has 3 N–H and O–H groups in total. The van der Waals surface area contributed by atoms with E-state index in [-0.39, 0.29) is 17.6 Å². The largest absolute Gasteiger partial charge is 0.368 e. The molecule has 2 aromatic carbocycles. The number of amides is 2. The standard InChI is InChI=1S/C31H42Cl2FN5O2/c1-22(21-36-12-3-11-35)5-6-24-18-26(34)9-10-28(24)37-14-16-38(17-15-37)31(41)29(39-13-2-4-30(39)40)19-23-7-8-25(32)20-27(23)33/h7-10,18,20,22,29,36H,2-6,11-17,19,21,35H2,1H3. The number of carbonyl (C=O) groups excluding carboxylic acids is 2. The van der Waals surface area contributed by atoms with E-state index in [9.17, 15) is 14.0 Å². The minimum absolute atomic E-state index is 0.00633. The molecule has 2 aliphatic rings. The van der Waals surface area contributed by atoms with Gasteiger partial charge in [0.2, 0.25) is 11.8 Å². The van der Waals surface area contributed by atoms with E-state index in [0.717, 1.165) is 55.6 Å². The van der Waals surface area contributed by atoms with Crippen molar-refractivity contribution < 1.29 is 14.0 Å². The second kappa shape index (κ2) is 15.2. The van der Waals surface area contributed by atoms with Crippen LogP contribution in [0.2, 0.25) is 10.0 Å². The van der Waals surface area contributed by atoms with Gasteiger partial charge in [0.05, 0.1) is 0 Å². The number of carbonyl (C=O) groups is 2. The lowest BCUT2D eigenvalue weighted by Gasteiger charge is -2.40. The third kappa shape index (κ3) is 8.57. The molecule has 2 fully saturated rings. The summed E-state index contributed by atoms with van der Waals surface area (Å²) < 4.78 is 14.2. The first-order valence-corrected chi connectivity index (χ1v) is 15.5. The third-order valence-electron chi connectivity index (χ3n) is 8.13. The first-order chi connectivity index (χ1) is 19.8. The molecule has 7 nitrogen and oxygen atoms in total. The van der Waals surface area contributed by atoms with Crippen molar-refractivity contribution in [1.29, 1.82) is 0 Å². The quantitative estimate of drug-likeness (QED) is 0.328. The molecular weight excluding hydrogens is 564 g/mol. The van der Waals surface area contributed by atoms with Crippen molar-refractivity contribution in [2.24, 2.45) is 11.7 Å². The van der Waals surface area contributed by atoms with Crippen LogP contribution in [0.1, 0.15) is 43.7 Å². The highest BCUT2D eigenvalue weighted by molar-refractivity contribution is 6.35. The number of likely N-dealkylation sites (tertiary alicyclic amines) is 1. The van der Waals surface area contributed by atoms with Gasteiger partial charge in [-0.2, -0.15) is 0 Å². The van der Waals surface area contributed by atoms with Gasteiger partial charge in [-0.15, -0.1) is 0 Å². The molecule has 2 unspecified atom stereocenters. The van der Waals surface area contributed by atoms with Crippen molar-refractivity contribution in [3.05, 3.63) is 63.4 Å². The SMILES string of the molecule is CC(CCc1cc(F)ccc1N1CCN(C(=O)C(Cc2ccc(Cl)cc2Cl)N2CCCC2=O)CC1)CNCCCN. The maximum atomic E-state index is 14.2. The van der Waals surface area contributed by atoms with Gasteiger partial charge in [-0.3, -0.25) is 9.59 Å². The molecule has 0 bridgehead atoms. The second-order valence-electron chi connectivity index (χ2n) is 11.2. The van der Waals surface area contributed by atoms with Crippen LogP contribution in [0.15, 0.2) is 36.4 Å². The van der Waals surface area contributed by atoms with Gasteiger partial charge < -0.3 is 25.8 Å². The fourth-order valence-corrected chi connectivity index (χ4v) is 6.23. The Balaban J connectivity index is 1.40. The number of nitrogens with zero attached hydrogens (tertiary/aromatic N) is 3. The average Bonchev–Trinajstić information content (AvgIpc) is 3.39. The Kier molecular flexibility index (Phi) is 11.7. The van der Waals surface area contributed by atoms with E-state index in [4.69, 9.17) is 28.9 Å². The number of benzene rings is 2. The summed E-state index contributed by atoms with van der Waals surface area (Å²) in [5.41, 5.74) is 8.39. The molecule has 224 valence electrons. The Bertz CT molecular complexity index is 1190. The second-order valence-corrected chi connectivity index (χ2v) is 12.1. The van der Waals surface area contributed by atoms with E-state index >= 15 is 0 Å². The van der Waals surface area contributed by atoms with Crippen LogP contribution in [0.4, 0.5) is 10.1 Å². The summed E-state index contributed by atoms with van der Waals surface area (Å²) in [6.45, 7) is 7.63. The van der Waals surface area contributed by atoms with Crippen molar-refractivity contribution >= 4 is 40.7 Å². The molecule has 2 amide bonds. The zero-order chi connectivity index (χ0) is 29.4. The highest BCUT2D eigenvalue weighted by atomic mass is 35.5. The van der Waals surface area contributed by atoms with Crippen molar-refractivity contribution in [3.8, 4) is 0 Å². The lowest BCUT2D eigenvalue weighted by atomic mass is 9.98. The topological polar surface area (TPSA) is 81.9 Å². The number of piperazine rings is 1. The monoisotopic (exact) mass is 605 g/mol. The number of nitrogens with one attached hydrogen (secondary N) is 1. The lowest BCUT2D eigenvalue weighted by Crippen LogP contribution is -2.56. The normalized spacial score (nSPS) is 17.3. The Morgan fingerprint density at radius 1 is 1.07 bits per heavy atom. The van der Waals surface area contributed by atoms with E-state index in [1.54, 1.807) is 23.1 Å². The lowest BCUT2D eigenvalue weighted by molar-refractivity contribution is -0.143. The van der Waals surface area contributed by atoms with Gasteiger partial charge in [-0.25, -0.2) is 4.39 Å². The first-order valence-electron chi connectivity index (χ1n) is 14.7. The number of anilines is 1. The number of hydrogen-bond acceptors (Lipinski definition) is 5. The fourth-order valence-electron chi connectivity index (χ4n) is 5.75. The number of hydrogen-bond donors (Lipinski definition) is 2. The molecule has 2 atom stereocenters. The Morgan fingerprint density at radius 2 is 1.85 bits per heavy atom. The molecule has 0 spiro atoms. The summed E-state index contributed by atoms with van der Waals surface area (Å²) in [4.78, 5) is 32.4. The predicted octanol–water partition coefficient (Wildman–Crippen LogP) is 4.52. The van der Waals surface area contributed by atoms with Gasteiger partial charge in [0.15, 0.2) is 0 Å². The highest BCUT2D eigenvalue weighted by Crippen LogP contribution is 2.28. The molecular formula is C31H42Cl2FN5O2. The Morgan fingerprint density at radius 3 is 2.54 bits per heavy atom. The summed E-state index contributed by atoms with van der Waals surface area (Å²) in [5, 5.41) is 4.47. The number of aryl methyl sites for hydroxylation is 1. The van der Waals surface area contributed by atoms with Gasteiger partial charge in [0.25, 0.3) is 0 Å². The average molecular weight is 607 g/mol. The van der Waals surface area contributed by atoms with Gasteiger partial charge >= 0.3 is 0 Å². The van der Waals surface area contributed by atoms with Crippen LogP contribution in [-0.2, 0) is 22.4 Å². The van der Waals surface area contributed by atoms with Crippen molar-refractivity contribution in [3.63, 3.8) is 0 Å². The summed E-state index contributed by atoms with van der Waals surface area (Å²) >= 11 is 12.5. The summed E-state index contributed by atoms with van der Waals surface area (Å²) in [5.74, 6) is 0.177. The van der Waals surface area contributed by atoms with Gasteiger partial charge in [-0.05, 0) is 92.7 Å². The molecule has 0 aromatic heterocycles. The molecule has 2 aliphatic heterocycles. The number of nitrogens with two attached hydrogens (primary N) is 1.